The molecule has 0 bridgehead atoms. The molecule has 0 heterocycles. The maximum Gasteiger partial charge on any atom is 0.122 e. The molecule has 0 aromatic rings. The van der Waals surface area contributed by atoms with Gasteiger partial charge in [-0.05, 0) is 12.8 Å². The van der Waals surface area contributed by atoms with Crippen LogP contribution in [0.1, 0.15) is 26.7 Å². The highest BCUT2D eigenvalue weighted by Crippen LogP contribution is 2.07. The molecule has 0 fully saturated rings. The van der Waals surface area contributed by atoms with Crippen molar-refractivity contribution in [3.05, 3.63) is 23.8 Å². The van der Waals surface area contributed by atoms with Crippen molar-refractivity contribution in [3.8, 4) is 0 Å². The van der Waals surface area contributed by atoms with E-state index in [1.807, 2.05) is 32.1 Å². The minimum atomic E-state index is 0.172. The fourth-order valence-corrected chi connectivity index (χ4v) is 0.813. The first-order valence-electron chi connectivity index (χ1n) is 4.02. The zero-order valence-electron chi connectivity index (χ0n) is 7.22. The van der Waals surface area contributed by atoms with Gasteiger partial charge >= 0.3 is 0 Å². The maximum atomic E-state index is 7.05. The molecule has 62 valence electrons. The SMILES string of the molecule is CC.N=C(N)C1=CCCC=C1. The molecule has 11 heavy (non-hydrogen) atoms. The Hall–Kier alpha value is -1.05. The first kappa shape index (κ1) is 9.95. The van der Waals surface area contributed by atoms with Crippen molar-refractivity contribution in [1.29, 1.82) is 5.41 Å². The summed E-state index contributed by atoms with van der Waals surface area (Å²) >= 11 is 0. The standard InChI is InChI=1S/C7H10N2.C2H6/c8-7(9)6-4-2-1-3-5-6;1-2/h2,4-5H,1,3H2,(H3,8,9);1-2H3. The van der Waals surface area contributed by atoms with Crippen molar-refractivity contribution in [1.82, 2.24) is 0 Å². The highest BCUT2D eigenvalue weighted by molar-refractivity contribution is 5.97. The van der Waals surface area contributed by atoms with Gasteiger partial charge in [0, 0.05) is 5.57 Å². The van der Waals surface area contributed by atoms with Crippen LogP contribution in [0.2, 0.25) is 0 Å². The molecule has 0 aliphatic heterocycles. The average molecular weight is 152 g/mol. The second-order valence-corrected chi connectivity index (χ2v) is 2.05. The van der Waals surface area contributed by atoms with Gasteiger partial charge in [-0.1, -0.05) is 32.1 Å². The van der Waals surface area contributed by atoms with Gasteiger partial charge in [-0.25, -0.2) is 0 Å². The lowest BCUT2D eigenvalue weighted by Crippen LogP contribution is -2.12. The summed E-state index contributed by atoms with van der Waals surface area (Å²) in [5.41, 5.74) is 6.09. The first-order chi connectivity index (χ1) is 5.30. The van der Waals surface area contributed by atoms with Crippen LogP contribution in [0.3, 0.4) is 0 Å². The summed E-state index contributed by atoms with van der Waals surface area (Å²) < 4.78 is 0. The highest BCUT2D eigenvalue weighted by Gasteiger charge is 1.97. The van der Waals surface area contributed by atoms with E-state index in [4.69, 9.17) is 11.1 Å². The lowest BCUT2D eigenvalue weighted by Gasteiger charge is -2.02. The number of nitrogens with two attached hydrogens (primary N) is 1. The van der Waals surface area contributed by atoms with Gasteiger partial charge in [-0.15, -0.1) is 0 Å². The van der Waals surface area contributed by atoms with Crippen LogP contribution in [0.5, 0.6) is 0 Å². The Balaban J connectivity index is 0.000000461. The fourth-order valence-electron chi connectivity index (χ4n) is 0.813. The normalized spacial score (nSPS) is 14.5. The van der Waals surface area contributed by atoms with Crippen molar-refractivity contribution in [3.63, 3.8) is 0 Å². The summed E-state index contributed by atoms with van der Waals surface area (Å²) in [4.78, 5) is 0. The van der Waals surface area contributed by atoms with Gasteiger partial charge in [0.05, 0.1) is 0 Å². The summed E-state index contributed by atoms with van der Waals surface area (Å²) in [6, 6.07) is 0. The van der Waals surface area contributed by atoms with Gasteiger partial charge < -0.3 is 5.73 Å². The summed E-state index contributed by atoms with van der Waals surface area (Å²) in [5, 5.41) is 7.05. The minimum absolute atomic E-state index is 0.172. The van der Waals surface area contributed by atoms with Gasteiger partial charge in [-0.2, -0.15) is 0 Å². The van der Waals surface area contributed by atoms with Crippen LogP contribution in [0.15, 0.2) is 23.8 Å². The molecule has 0 saturated heterocycles. The number of rotatable bonds is 1. The van der Waals surface area contributed by atoms with Crippen LogP contribution in [-0.2, 0) is 0 Å². The van der Waals surface area contributed by atoms with Gasteiger partial charge in [0.1, 0.15) is 5.84 Å². The molecule has 0 amide bonds. The van der Waals surface area contributed by atoms with Crippen LogP contribution in [0.4, 0.5) is 0 Å². The van der Waals surface area contributed by atoms with Crippen LogP contribution in [0.25, 0.3) is 0 Å². The third-order valence-corrected chi connectivity index (χ3v) is 1.31. The van der Waals surface area contributed by atoms with E-state index in [0.29, 0.717) is 0 Å². The topological polar surface area (TPSA) is 49.9 Å². The summed E-state index contributed by atoms with van der Waals surface area (Å²) in [7, 11) is 0. The first-order valence-corrected chi connectivity index (χ1v) is 4.02. The number of allylic oxidation sites excluding steroid dienone is 2. The summed E-state index contributed by atoms with van der Waals surface area (Å²) in [5.74, 6) is 0.172. The van der Waals surface area contributed by atoms with E-state index in [-0.39, 0.29) is 5.84 Å². The third-order valence-electron chi connectivity index (χ3n) is 1.31. The Morgan fingerprint density at radius 1 is 1.45 bits per heavy atom. The zero-order valence-corrected chi connectivity index (χ0v) is 7.22. The molecule has 0 aromatic carbocycles. The molecule has 1 rings (SSSR count). The molecule has 0 radical (unpaired) electrons. The fraction of sp³-hybridized carbons (Fsp3) is 0.444. The van der Waals surface area contributed by atoms with E-state index < -0.39 is 0 Å². The maximum absolute atomic E-state index is 7.05. The van der Waals surface area contributed by atoms with E-state index >= 15 is 0 Å². The largest absolute Gasteiger partial charge is 0.384 e. The van der Waals surface area contributed by atoms with E-state index in [2.05, 4.69) is 0 Å². The second-order valence-electron chi connectivity index (χ2n) is 2.05. The molecule has 3 N–H and O–H groups in total. The second kappa shape index (κ2) is 5.71. The summed E-state index contributed by atoms with van der Waals surface area (Å²) in [6.45, 7) is 4.00. The Bertz CT molecular complexity index is 178. The van der Waals surface area contributed by atoms with E-state index in [1.165, 1.54) is 0 Å². The third kappa shape index (κ3) is 3.61. The monoisotopic (exact) mass is 152 g/mol. The van der Waals surface area contributed by atoms with Gasteiger partial charge in [0.15, 0.2) is 0 Å². The lowest BCUT2D eigenvalue weighted by molar-refractivity contribution is 1.03. The zero-order chi connectivity index (χ0) is 8.69. The molecule has 0 atom stereocenters. The Morgan fingerprint density at radius 3 is 2.36 bits per heavy atom. The summed E-state index contributed by atoms with van der Waals surface area (Å²) in [6.07, 6.45) is 8.02. The highest BCUT2D eigenvalue weighted by atomic mass is 14.7. The number of amidine groups is 1. The van der Waals surface area contributed by atoms with E-state index in [1.54, 1.807) is 0 Å². The van der Waals surface area contributed by atoms with Crippen LogP contribution < -0.4 is 5.73 Å². The predicted octanol–water partition coefficient (Wildman–Crippen LogP) is 2.22. The molecular formula is C9H16N2. The smallest absolute Gasteiger partial charge is 0.122 e. The van der Waals surface area contributed by atoms with Crippen molar-refractivity contribution in [2.75, 3.05) is 0 Å². The molecule has 2 heteroatoms. The van der Waals surface area contributed by atoms with Crippen molar-refractivity contribution in [2.45, 2.75) is 26.7 Å². The molecule has 1 aliphatic carbocycles. The van der Waals surface area contributed by atoms with Crippen molar-refractivity contribution < 1.29 is 0 Å². The molecular weight excluding hydrogens is 136 g/mol. The van der Waals surface area contributed by atoms with Crippen LogP contribution in [0, 0.1) is 5.41 Å². The Labute approximate surface area is 68.3 Å². The molecule has 0 spiro atoms. The minimum Gasteiger partial charge on any atom is -0.384 e. The molecule has 0 saturated carbocycles. The number of hydrogen-bond acceptors (Lipinski definition) is 1. The molecule has 0 unspecified atom stereocenters. The van der Waals surface area contributed by atoms with Crippen molar-refractivity contribution >= 4 is 5.84 Å². The van der Waals surface area contributed by atoms with E-state index in [9.17, 15) is 0 Å². The predicted molar refractivity (Wildman–Crippen MR) is 49.7 cm³/mol. The Morgan fingerprint density at radius 2 is 2.09 bits per heavy atom. The Kier molecular flexibility index (Phi) is 5.17. The van der Waals surface area contributed by atoms with Gasteiger partial charge in [-0.3, -0.25) is 5.41 Å². The molecule has 2 nitrogen and oxygen atoms in total. The van der Waals surface area contributed by atoms with Gasteiger partial charge in [0.2, 0.25) is 0 Å². The van der Waals surface area contributed by atoms with Crippen LogP contribution in [-0.4, -0.2) is 5.84 Å². The quantitative estimate of drug-likeness (QED) is 0.439. The molecule has 1 aliphatic rings. The number of hydrogen-bond donors (Lipinski definition) is 2. The number of nitrogens with one attached hydrogen (secondary N) is 1. The van der Waals surface area contributed by atoms with Crippen molar-refractivity contribution in [2.24, 2.45) is 5.73 Å². The molecule has 0 aromatic heterocycles. The van der Waals surface area contributed by atoms with E-state index in [0.717, 1.165) is 18.4 Å². The lowest BCUT2D eigenvalue weighted by atomic mass is 10.1. The average Bonchev–Trinajstić information content (AvgIpc) is 2.10. The van der Waals surface area contributed by atoms with Gasteiger partial charge in [0.25, 0.3) is 0 Å². The van der Waals surface area contributed by atoms with Crippen LogP contribution >= 0.6 is 0 Å².